The van der Waals surface area contributed by atoms with Crippen molar-refractivity contribution < 1.29 is 0 Å². The average molecular weight is 282 g/mol. The molecule has 1 atom stereocenters. The van der Waals surface area contributed by atoms with Crippen LogP contribution in [0.25, 0.3) is 10.1 Å². The first-order chi connectivity index (χ1) is 8.59. The molecule has 1 N–H and O–H groups in total. The van der Waals surface area contributed by atoms with E-state index in [2.05, 4.69) is 44.3 Å². The summed E-state index contributed by atoms with van der Waals surface area (Å²) in [7, 11) is 0. The van der Waals surface area contributed by atoms with Crippen molar-refractivity contribution in [2.75, 3.05) is 6.54 Å². The van der Waals surface area contributed by atoms with Crippen LogP contribution in [0.4, 0.5) is 0 Å². The molecule has 1 aromatic heterocycles. The summed E-state index contributed by atoms with van der Waals surface area (Å²) in [5.74, 6) is 1.41. The molecule has 2 aromatic rings. The van der Waals surface area contributed by atoms with Crippen molar-refractivity contribution in [3.8, 4) is 0 Å². The summed E-state index contributed by atoms with van der Waals surface area (Å²) in [6.07, 6.45) is 0. The van der Waals surface area contributed by atoms with Gasteiger partial charge in [-0.15, -0.1) is 11.3 Å². The van der Waals surface area contributed by atoms with E-state index in [1.165, 1.54) is 15.0 Å². The molecule has 0 saturated carbocycles. The maximum absolute atomic E-state index is 6.41. The Kier molecular flexibility index (Phi) is 4.66. The number of rotatable bonds is 5. The maximum atomic E-state index is 6.41. The Balaban J connectivity index is 2.02. The number of thiophene rings is 1. The van der Waals surface area contributed by atoms with Crippen LogP contribution in [0.5, 0.6) is 0 Å². The molecule has 1 nitrogen and oxygen atoms in total. The highest BCUT2D eigenvalue weighted by Gasteiger charge is 2.10. The predicted octanol–water partition coefficient (Wildman–Crippen LogP) is 4.94. The van der Waals surface area contributed by atoms with Gasteiger partial charge in [-0.05, 0) is 24.4 Å². The van der Waals surface area contributed by atoms with Gasteiger partial charge in [0, 0.05) is 21.5 Å². The van der Waals surface area contributed by atoms with Crippen molar-refractivity contribution in [1.29, 1.82) is 0 Å². The van der Waals surface area contributed by atoms with Crippen LogP contribution in [0.3, 0.4) is 0 Å². The molecule has 1 heterocycles. The van der Waals surface area contributed by atoms with Crippen molar-refractivity contribution >= 4 is 33.0 Å². The Morgan fingerprint density at radius 2 is 1.94 bits per heavy atom. The van der Waals surface area contributed by atoms with E-state index in [1.807, 2.05) is 6.07 Å². The number of nitrogens with one attached hydrogen (secondary N) is 1. The van der Waals surface area contributed by atoms with Gasteiger partial charge in [-0.1, -0.05) is 50.6 Å². The monoisotopic (exact) mass is 281 g/mol. The largest absolute Gasteiger partial charge is 0.312 e. The van der Waals surface area contributed by atoms with Gasteiger partial charge in [0.15, 0.2) is 0 Å². The molecular formula is C15H20ClNS. The minimum Gasteiger partial charge on any atom is -0.312 e. The molecule has 0 fully saturated rings. The Morgan fingerprint density at radius 3 is 2.61 bits per heavy atom. The smallest absolute Gasteiger partial charge is 0.0636 e. The van der Waals surface area contributed by atoms with Gasteiger partial charge in [0.2, 0.25) is 0 Å². The number of fused-ring (bicyclic) bond motifs is 1. The number of benzene rings is 1. The fraction of sp³-hybridized carbons (Fsp3) is 0.467. The molecule has 0 amide bonds. The molecule has 0 spiro atoms. The Hall–Kier alpha value is -0.570. The molecular weight excluding hydrogens is 262 g/mol. The van der Waals surface area contributed by atoms with E-state index in [0.29, 0.717) is 5.92 Å². The van der Waals surface area contributed by atoms with Crippen LogP contribution in [0.2, 0.25) is 5.02 Å². The summed E-state index contributed by atoms with van der Waals surface area (Å²) < 4.78 is 1.27. The normalized spacial score (nSPS) is 13.4. The van der Waals surface area contributed by atoms with Crippen LogP contribution in [0.1, 0.15) is 25.6 Å². The third-order valence-corrected chi connectivity index (χ3v) is 5.21. The highest BCUT2D eigenvalue weighted by Crippen LogP contribution is 2.34. The van der Waals surface area contributed by atoms with Crippen LogP contribution in [-0.4, -0.2) is 6.54 Å². The first-order valence-electron chi connectivity index (χ1n) is 6.46. The Bertz CT molecular complexity index is 518. The van der Waals surface area contributed by atoms with E-state index in [0.717, 1.165) is 24.0 Å². The van der Waals surface area contributed by atoms with E-state index in [-0.39, 0.29) is 0 Å². The second-order valence-corrected chi connectivity index (χ2v) is 6.70. The van der Waals surface area contributed by atoms with E-state index in [9.17, 15) is 0 Å². The van der Waals surface area contributed by atoms with Crippen molar-refractivity contribution in [3.05, 3.63) is 34.2 Å². The molecule has 1 unspecified atom stereocenters. The van der Waals surface area contributed by atoms with Crippen molar-refractivity contribution in [1.82, 2.24) is 5.32 Å². The summed E-state index contributed by atoms with van der Waals surface area (Å²) in [4.78, 5) is 1.24. The van der Waals surface area contributed by atoms with Gasteiger partial charge in [-0.3, -0.25) is 0 Å². The van der Waals surface area contributed by atoms with E-state index >= 15 is 0 Å². The molecule has 0 radical (unpaired) electrons. The summed E-state index contributed by atoms with van der Waals surface area (Å²) in [6, 6.07) is 8.33. The minimum absolute atomic E-state index is 0.693. The molecule has 2 rings (SSSR count). The van der Waals surface area contributed by atoms with Gasteiger partial charge in [-0.25, -0.2) is 0 Å². The zero-order valence-electron chi connectivity index (χ0n) is 11.2. The summed E-state index contributed by atoms with van der Waals surface area (Å²) in [6.45, 7) is 8.72. The van der Waals surface area contributed by atoms with Crippen LogP contribution in [0, 0.1) is 11.8 Å². The van der Waals surface area contributed by atoms with Crippen LogP contribution in [0.15, 0.2) is 24.3 Å². The fourth-order valence-electron chi connectivity index (χ4n) is 1.83. The second kappa shape index (κ2) is 6.05. The quantitative estimate of drug-likeness (QED) is 0.819. The first-order valence-corrected chi connectivity index (χ1v) is 7.65. The van der Waals surface area contributed by atoms with Crippen LogP contribution < -0.4 is 5.32 Å². The zero-order chi connectivity index (χ0) is 13.1. The fourth-order valence-corrected chi connectivity index (χ4v) is 3.30. The summed E-state index contributed by atoms with van der Waals surface area (Å²) in [5, 5.41) is 5.61. The molecule has 98 valence electrons. The van der Waals surface area contributed by atoms with Crippen molar-refractivity contribution in [2.24, 2.45) is 11.8 Å². The third-order valence-electron chi connectivity index (χ3n) is 3.49. The number of hydrogen-bond donors (Lipinski definition) is 1. The zero-order valence-corrected chi connectivity index (χ0v) is 12.7. The highest BCUT2D eigenvalue weighted by atomic mass is 35.5. The first kappa shape index (κ1) is 13.9. The molecule has 0 aliphatic carbocycles. The molecule has 0 aliphatic rings. The lowest BCUT2D eigenvalue weighted by Gasteiger charge is -2.15. The minimum atomic E-state index is 0.693. The second-order valence-electron chi connectivity index (χ2n) is 5.19. The molecule has 1 aromatic carbocycles. The topological polar surface area (TPSA) is 12.0 Å². The lowest BCUT2D eigenvalue weighted by atomic mass is 9.98. The van der Waals surface area contributed by atoms with Crippen LogP contribution in [-0.2, 0) is 6.54 Å². The lowest BCUT2D eigenvalue weighted by Crippen LogP contribution is -2.23. The van der Waals surface area contributed by atoms with Gasteiger partial charge in [0.25, 0.3) is 0 Å². The molecule has 0 aliphatic heterocycles. The van der Waals surface area contributed by atoms with Crippen LogP contribution >= 0.6 is 22.9 Å². The molecule has 18 heavy (non-hydrogen) atoms. The van der Waals surface area contributed by atoms with Gasteiger partial charge in [-0.2, -0.15) is 0 Å². The lowest BCUT2D eigenvalue weighted by molar-refractivity contribution is 0.393. The maximum Gasteiger partial charge on any atom is 0.0636 e. The third kappa shape index (κ3) is 3.05. The predicted molar refractivity (Wildman–Crippen MR) is 82.5 cm³/mol. The van der Waals surface area contributed by atoms with Gasteiger partial charge in [0.05, 0.1) is 5.02 Å². The standard InChI is InChI=1S/C15H20ClNS/c1-10(2)11(3)8-17-9-14-15(16)12-6-4-5-7-13(12)18-14/h4-7,10-11,17H,8-9H2,1-3H3. The van der Waals surface area contributed by atoms with Gasteiger partial charge < -0.3 is 5.32 Å². The molecule has 0 saturated heterocycles. The van der Waals surface area contributed by atoms with Gasteiger partial charge >= 0.3 is 0 Å². The Labute approximate surface area is 118 Å². The van der Waals surface area contributed by atoms with E-state index in [4.69, 9.17) is 11.6 Å². The highest BCUT2D eigenvalue weighted by molar-refractivity contribution is 7.19. The average Bonchev–Trinajstić information content (AvgIpc) is 2.67. The van der Waals surface area contributed by atoms with Crippen molar-refractivity contribution in [2.45, 2.75) is 27.3 Å². The molecule has 0 bridgehead atoms. The van der Waals surface area contributed by atoms with E-state index in [1.54, 1.807) is 11.3 Å². The SMILES string of the molecule is CC(C)C(C)CNCc1sc2ccccc2c1Cl. The number of halogens is 1. The Morgan fingerprint density at radius 1 is 1.22 bits per heavy atom. The molecule has 3 heteroatoms. The summed E-state index contributed by atoms with van der Waals surface area (Å²) in [5.41, 5.74) is 0. The van der Waals surface area contributed by atoms with Gasteiger partial charge in [0.1, 0.15) is 0 Å². The van der Waals surface area contributed by atoms with Crippen molar-refractivity contribution in [3.63, 3.8) is 0 Å². The number of hydrogen-bond acceptors (Lipinski definition) is 2. The van der Waals surface area contributed by atoms with E-state index < -0.39 is 0 Å². The summed E-state index contributed by atoms with van der Waals surface area (Å²) >= 11 is 8.19.